The average Bonchev–Trinajstić information content (AvgIpc) is 2.88. The molecule has 0 spiro atoms. The van der Waals surface area contributed by atoms with Crippen LogP contribution in [0.1, 0.15) is 123 Å². The highest BCUT2D eigenvalue weighted by atomic mass is 14.2. The van der Waals surface area contributed by atoms with E-state index in [1.165, 1.54) is 59.1 Å². The second kappa shape index (κ2) is 18.8. The van der Waals surface area contributed by atoms with Crippen LogP contribution in [0, 0.1) is 12.8 Å². The maximum absolute atomic E-state index is 3.97. The minimum Gasteiger partial charge on any atom is -0.0999 e. The minimum atomic E-state index is 0.273. The van der Waals surface area contributed by atoms with E-state index in [0.29, 0.717) is 11.8 Å². The Hall–Kier alpha value is -2.34. The molecule has 0 nitrogen and oxygen atoms in total. The first-order valence-corrected chi connectivity index (χ1v) is 14.6. The molecule has 0 aromatic heterocycles. The number of hydrogen-bond donors (Lipinski definition) is 0. The maximum Gasteiger partial charge on any atom is -0.0132 e. The Morgan fingerprint density at radius 2 is 1.46 bits per heavy atom. The fourth-order valence-electron chi connectivity index (χ4n) is 3.76. The zero-order chi connectivity index (χ0) is 28.4. The highest BCUT2D eigenvalue weighted by molar-refractivity contribution is 5.29. The summed E-state index contributed by atoms with van der Waals surface area (Å²) in [5.41, 5.74) is 8.68. The molecule has 0 saturated carbocycles. The molecule has 1 atom stereocenters. The van der Waals surface area contributed by atoms with Gasteiger partial charge in [-0.15, -0.1) is 0 Å². The lowest BCUT2D eigenvalue weighted by molar-refractivity contribution is 0.589. The Morgan fingerprint density at radius 1 is 0.892 bits per heavy atom. The third kappa shape index (κ3) is 15.5. The van der Waals surface area contributed by atoms with Crippen molar-refractivity contribution in [1.29, 1.82) is 0 Å². The molecule has 0 saturated heterocycles. The number of rotatable bonds is 6. The predicted octanol–water partition coefficient (Wildman–Crippen LogP) is 11.9. The van der Waals surface area contributed by atoms with Crippen LogP contribution in [0.2, 0.25) is 0 Å². The van der Waals surface area contributed by atoms with Gasteiger partial charge in [-0.1, -0.05) is 159 Å². The second-order valence-corrected chi connectivity index (χ2v) is 11.5. The summed E-state index contributed by atoms with van der Waals surface area (Å²) in [5.74, 6) is 1.26. The molecular formula is C37H58. The van der Waals surface area contributed by atoms with Crippen LogP contribution >= 0.6 is 0 Å². The van der Waals surface area contributed by atoms with Crippen LogP contribution in [0.5, 0.6) is 0 Å². The molecule has 1 aliphatic rings. The van der Waals surface area contributed by atoms with Gasteiger partial charge in [0.2, 0.25) is 0 Å². The first kappa shape index (κ1) is 34.7. The number of hydrogen-bond acceptors (Lipinski definition) is 0. The molecule has 37 heavy (non-hydrogen) atoms. The molecule has 2 aromatic rings. The summed E-state index contributed by atoms with van der Waals surface area (Å²) in [4.78, 5) is 0. The summed E-state index contributed by atoms with van der Waals surface area (Å²) < 4.78 is 0. The van der Waals surface area contributed by atoms with Crippen LogP contribution in [-0.2, 0) is 11.8 Å². The van der Waals surface area contributed by atoms with E-state index in [2.05, 4.69) is 136 Å². The first-order valence-electron chi connectivity index (χ1n) is 14.6. The maximum atomic E-state index is 3.97. The van der Waals surface area contributed by atoms with Gasteiger partial charge in [-0.25, -0.2) is 0 Å². The monoisotopic (exact) mass is 502 g/mol. The third-order valence-electron chi connectivity index (χ3n) is 6.56. The molecule has 0 bridgehead atoms. The van der Waals surface area contributed by atoms with Crippen molar-refractivity contribution >= 4 is 0 Å². The Labute approximate surface area is 232 Å². The van der Waals surface area contributed by atoms with E-state index in [-0.39, 0.29) is 5.41 Å². The Kier molecular flexibility index (Phi) is 17.6. The van der Waals surface area contributed by atoms with Gasteiger partial charge < -0.3 is 0 Å². The lowest BCUT2D eigenvalue weighted by Gasteiger charge is -2.19. The first-order chi connectivity index (χ1) is 17.4. The molecule has 2 aromatic carbocycles. The van der Waals surface area contributed by atoms with Gasteiger partial charge in [0.05, 0.1) is 0 Å². The molecule has 206 valence electrons. The zero-order valence-corrected chi connectivity index (χ0v) is 26.2. The van der Waals surface area contributed by atoms with Gasteiger partial charge in [-0.2, -0.15) is 0 Å². The van der Waals surface area contributed by atoms with Crippen LogP contribution in [0.15, 0.2) is 84.5 Å². The van der Waals surface area contributed by atoms with E-state index in [4.69, 9.17) is 0 Å². The Balaban J connectivity index is 0.000000511. The second-order valence-electron chi connectivity index (χ2n) is 11.5. The van der Waals surface area contributed by atoms with Gasteiger partial charge in [0, 0.05) is 0 Å². The van der Waals surface area contributed by atoms with Crippen molar-refractivity contribution in [3.05, 3.63) is 107 Å². The van der Waals surface area contributed by atoms with Crippen LogP contribution in [0.3, 0.4) is 0 Å². The van der Waals surface area contributed by atoms with Crippen LogP contribution in [0.4, 0.5) is 0 Å². The molecule has 0 heteroatoms. The summed E-state index contributed by atoms with van der Waals surface area (Å²) in [7, 11) is 0. The quantitative estimate of drug-likeness (QED) is 0.344. The summed E-state index contributed by atoms with van der Waals surface area (Å²) >= 11 is 0. The van der Waals surface area contributed by atoms with Crippen molar-refractivity contribution in [2.24, 2.45) is 5.92 Å². The highest BCUT2D eigenvalue weighted by Gasteiger charge is 2.13. The van der Waals surface area contributed by atoms with E-state index in [1.807, 2.05) is 13.8 Å². The van der Waals surface area contributed by atoms with Gasteiger partial charge >= 0.3 is 0 Å². The predicted molar refractivity (Wildman–Crippen MR) is 171 cm³/mol. The normalized spacial score (nSPS) is 13.1. The lowest BCUT2D eigenvalue weighted by atomic mass is 9.86. The molecule has 0 radical (unpaired) electrons. The van der Waals surface area contributed by atoms with Crippen molar-refractivity contribution in [2.75, 3.05) is 0 Å². The van der Waals surface area contributed by atoms with Crippen molar-refractivity contribution in [3.63, 3.8) is 0 Å². The van der Waals surface area contributed by atoms with Gasteiger partial charge in [-0.05, 0) is 73.5 Å². The van der Waals surface area contributed by atoms with E-state index in [0.717, 1.165) is 6.42 Å². The van der Waals surface area contributed by atoms with E-state index >= 15 is 0 Å². The fourth-order valence-corrected chi connectivity index (χ4v) is 3.76. The molecule has 0 unspecified atom stereocenters. The van der Waals surface area contributed by atoms with Crippen molar-refractivity contribution < 1.29 is 0 Å². The van der Waals surface area contributed by atoms with Crippen molar-refractivity contribution in [1.82, 2.24) is 0 Å². The zero-order valence-electron chi connectivity index (χ0n) is 26.2. The van der Waals surface area contributed by atoms with E-state index in [9.17, 15) is 0 Å². The Bertz CT molecular complexity index is 911. The SMILES string of the molecule is C=C(C)[C@@H](C)CC1=CCCC=C1.CC.CC(C)c1ccc(C(C)(C)C)cc1.CCCc1ccc(C)cc1. The van der Waals surface area contributed by atoms with Gasteiger partial charge in [-0.3, -0.25) is 0 Å². The number of aryl methyl sites for hydroxylation is 2. The lowest BCUT2D eigenvalue weighted by Crippen LogP contribution is -2.10. The summed E-state index contributed by atoms with van der Waals surface area (Å²) in [6.45, 7) is 27.8. The van der Waals surface area contributed by atoms with Crippen molar-refractivity contribution in [2.45, 2.75) is 120 Å². The van der Waals surface area contributed by atoms with Crippen LogP contribution in [-0.4, -0.2) is 0 Å². The molecule has 0 N–H and O–H groups in total. The van der Waals surface area contributed by atoms with Crippen molar-refractivity contribution in [3.8, 4) is 0 Å². The molecule has 0 aliphatic heterocycles. The number of benzene rings is 2. The van der Waals surface area contributed by atoms with Crippen LogP contribution in [0.25, 0.3) is 0 Å². The van der Waals surface area contributed by atoms with Crippen LogP contribution < -0.4 is 0 Å². The summed E-state index contributed by atoms with van der Waals surface area (Å²) in [5, 5.41) is 0. The fraction of sp³-hybridized carbons (Fsp3) is 0.514. The summed E-state index contributed by atoms with van der Waals surface area (Å²) in [6, 6.07) is 17.7. The van der Waals surface area contributed by atoms with E-state index in [1.54, 1.807) is 0 Å². The van der Waals surface area contributed by atoms with Gasteiger partial charge in [0.15, 0.2) is 0 Å². The topological polar surface area (TPSA) is 0 Å². The van der Waals surface area contributed by atoms with Gasteiger partial charge in [0.1, 0.15) is 0 Å². The molecule has 0 fully saturated rings. The smallest absolute Gasteiger partial charge is 0.0132 e. The third-order valence-corrected chi connectivity index (χ3v) is 6.56. The highest BCUT2D eigenvalue weighted by Crippen LogP contribution is 2.24. The molecule has 0 amide bonds. The summed E-state index contributed by atoms with van der Waals surface area (Å²) in [6.07, 6.45) is 12.9. The molecule has 3 rings (SSSR count). The van der Waals surface area contributed by atoms with E-state index < -0.39 is 0 Å². The largest absolute Gasteiger partial charge is 0.0999 e. The average molecular weight is 503 g/mol. The minimum absolute atomic E-state index is 0.273. The molecule has 1 aliphatic carbocycles. The van der Waals surface area contributed by atoms with Gasteiger partial charge in [0.25, 0.3) is 0 Å². The number of allylic oxidation sites excluding steroid dienone is 5. The standard InChI is InChI=1S/C13H20.C12H18.C10H14.C2H6/c1-10(2)11-6-8-12(9-7-11)13(3,4)5;1-10(2)11(3)9-12-7-5-4-6-8-12;1-3-4-10-7-5-9(2)6-8-10;1-2/h6-10H,1-5H3;5,7-8,11H,1,4,6,9H2,2-3H3;5-8H,3-4H2,1-2H3;1-2H3/t;11-;;/m.0../s1. The Morgan fingerprint density at radius 3 is 1.86 bits per heavy atom. The molecule has 0 heterocycles. The molecular weight excluding hydrogens is 444 g/mol.